The molecule has 0 spiro atoms. The van der Waals surface area contributed by atoms with Gasteiger partial charge in [0.1, 0.15) is 11.6 Å². The van der Waals surface area contributed by atoms with Crippen LogP contribution in [-0.4, -0.2) is 31.6 Å². The molecule has 0 radical (unpaired) electrons. The van der Waals surface area contributed by atoms with Crippen LogP contribution in [0.2, 0.25) is 0 Å². The molecule has 4 heteroatoms. The molecule has 0 atom stereocenters. The summed E-state index contributed by atoms with van der Waals surface area (Å²) >= 11 is 0. The molecule has 1 aliphatic heterocycles. The molecule has 2 nitrogen and oxygen atoms in total. The molecule has 1 N–H and O–H groups in total. The van der Waals surface area contributed by atoms with Gasteiger partial charge in [-0.05, 0) is 57.5 Å². The van der Waals surface area contributed by atoms with E-state index in [1.165, 1.54) is 12.1 Å². The average Bonchev–Trinajstić information content (AvgIpc) is 2.34. The number of nitrogens with zero attached hydrogens (tertiary/aromatic N) is 1. The number of anilines is 1. The summed E-state index contributed by atoms with van der Waals surface area (Å²) in [5.74, 6) is -0.186. The minimum absolute atomic E-state index is 0.275. The predicted octanol–water partition coefficient (Wildman–Crippen LogP) is 3.03. The summed E-state index contributed by atoms with van der Waals surface area (Å²) in [6.45, 7) is 4.45. The lowest BCUT2D eigenvalue weighted by Crippen LogP contribution is -2.33. The molecule has 1 saturated heterocycles. The normalized spacial score (nSPS) is 18.0. The van der Waals surface area contributed by atoms with E-state index >= 15 is 0 Å². The van der Waals surface area contributed by atoms with E-state index in [1.807, 2.05) is 0 Å². The van der Waals surface area contributed by atoms with Crippen molar-refractivity contribution in [2.24, 2.45) is 5.92 Å². The van der Waals surface area contributed by atoms with Crippen LogP contribution in [0.15, 0.2) is 12.1 Å². The number of rotatable bonds is 3. The highest BCUT2D eigenvalue weighted by molar-refractivity contribution is 5.46. The molecular weight excluding hydrogens is 234 g/mol. The second kappa shape index (κ2) is 5.65. The molecule has 1 fully saturated rings. The third-order valence-corrected chi connectivity index (χ3v) is 3.67. The maximum Gasteiger partial charge on any atom is 0.146 e. The van der Waals surface area contributed by atoms with Gasteiger partial charge < -0.3 is 10.2 Å². The molecule has 0 unspecified atom stereocenters. The summed E-state index contributed by atoms with van der Waals surface area (Å²) in [7, 11) is 2.11. The monoisotopic (exact) mass is 254 g/mol. The first-order valence-electron chi connectivity index (χ1n) is 6.44. The molecule has 0 aliphatic carbocycles. The molecule has 0 aromatic heterocycles. The zero-order valence-electron chi connectivity index (χ0n) is 11.0. The predicted molar refractivity (Wildman–Crippen MR) is 69.8 cm³/mol. The van der Waals surface area contributed by atoms with E-state index in [0.29, 0.717) is 18.0 Å². The van der Waals surface area contributed by atoms with Crippen LogP contribution in [-0.2, 0) is 0 Å². The van der Waals surface area contributed by atoms with Gasteiger partial charge in [0.25, 0.3) is 0 Å². The molecule has 2 rings (SSSR count). The highest BCUT2D eigenvalue weighted by Crippen LogP contribution is 2.21. The van der Waals surface area contributed by atoms with E-state index in [1.54, 1.807) is 6.92 Å². The van der Waals surface area contributed by atoms with Crippen molar-refractivity contribution in [3.63, 3.8) is 0 Å². The Balaban J connectivity index is 1.92. The van der Waals surface area contributed by atoms with Crippen molar-refractivity contribution >= 4 is 5.69 Å². The average molecular weight is 254 g/mol. The number of hydrogen-bond donors (Lipinski definition) is 1. The SMILES string of the molecule is Cc1cc(F)c(NCC2CCN(C)CC2)cc1F. The van der Waals surface area contributed by atoms with E-state index in [-0.39, 0.29) is 17.3 Å². The van der Waals surface area contributed by atoms with Gasteiger partial charge in [0.05, 0.1) is 5.69 Å². The fraction of sp³-hybridized carbons (Fsp3) is 0.571. The first-order valence-corrected chi connectivity index (χ1v) is 6.44. The summed E-state index contributed by atoms with van der Waals surface area (Å²) < 4.78 is 27.0. The van der Waals surface area contributed by atoms with Crippen LogP contribution in [0.4, 0.5) is 14.5 Å². The van der Waals surface area contributed by atoms with Crippen LogP contribution in [0, 0.1) is 24.5 Å². The van der Waals surface area contributed by atoms with Gasteiger partial charge >= 0.3 is 0 Å². The largest absolute Gasteiger partial charge is 0.382 e. The van der Waals surface area contributed by atoms with Crippen LogP contribution in [0.25, 0.3) is 0 Å². The second-order valence-corrected chi connectivity index (χ2v) is 5.21. The zero-order valence-corrected chi connectivity index (χ0v) is 11.0. The van der Waals surface area contributed by atoms with Gasteiger partial charge in [-0.25, -0.2) is 8.78 Å². The number of aryl methyl sites for hydroxylation is 1. The van der Waals surface area contributed by atoms with Crippen LogP contribution in [0.5, 0.6) is 0 Å². The summed E-state index contributed by atoms with van der Waals surface area (Å²) in [6, 6.07) is 2.49. The Bertz CT molecular complexity index is 413. The lowest BCUT2D eigenvalue weighted by Gasteiger charge is -2.29. The van der Waals surface area contributed by atoms with E-state index in [9.17, 15) is 8.78 Å². The molecular formula is C14H20F2N2. The Kier molecular flexibility index (Phi) is 4.17. The van der Waals surface area contributed by atoms with Gasteiger partial charge in [-0.2, -0.15) is 0 Å². The molecule has 0 amide bonds. The molecule has 18 heavy (non-hydrogen) atoms. The molecule has 1 aromatic carbocycles. The summed E-state index contributed by atoms with van der Waals surface area (Å²) in [5.41, 5.74) is 0.620. The van der Waals surface area contributed by atoms with E-state index in [0.717, 1.165) is 25.9 Å². The van der Waals surface area contributed by atoms with Gasteiger partial charge in [-0.15, -0.1) is 0 Å². The molecule has 100 valence electrons. The van der Waals surface area contributed by atoms with Gasteiger partial charge in [-0.1, -0.05) is 0 Å². The number of hydrogen-bond acceptors (Lipinski definition) is 2. The number of halogens is 2. The molecule has 1 aliphatic rings. The summed E-state index contributed by atoms with van der Waals surface area (Å²) in [6.07, 6.45) is 2.22. The second-order valence-electron chi connectivity index (χ2n) is 5.21. The van der Waals surface area contributed by atoms with Crippen molar-refractivity contribution in [2.75, 3.05) is 32.0 Å². The Morgan fingerprint density at radius 2 is 1.89 bits per heavy atom. The van der Waals surface area contributed by atoms with Gasteiger partial charge in [0.15, 0.2) is 0 Å². The van der Waals surface area contributed by atoms with Crippen molar-refractivity contribution in [3.05, 3.63) is 29.3 Å². The van der Waals surface area contributed by atoms with Crippen LogP contribution in [0.3, 0.4) is 0 Å². The van der Waals surface area contributed by atoms with Crippen molar-refractivity contribution in [1.82, 2.24) is 4.90 Å². The Morgan fingerprint density at radius 1 is 1.22 bits per heavy atom. The number of nitrogens with one attached hydrogen (secondary N) is 1. The lowest BCUT2D eigenvalue weighted by molar-refractivity contribution is 0.226. The first-order chi connectivity index (χ1) is 8.56. The highest BCUT2D eigenvalue weighted by atomic mass is 19.1. The topological polar surface area (TPSA) is 15.3 Å². The molecule has 0 saturated carbocycles. The van der Waals surface area contributed by atoms with E-state index in [2.05, 4.69) is 17.3 Å². The maximum atomic E-state index is 13.6. The summed E-state index contributed by atoms with van der Waals surface area (Å²) in [5, 5.41) is 3.03. The minimum atomic E-state index is -0.373. The number of piperidine rings is 1. The third kappa shape index (κ3) is 3.19. The standard InChI is InChI=1S/C14H20F2N2/c1-10-7-13(16)14(8-12(10)15)17-9-11-3-5-18(2)6-4-11/h7-8,11,17H,3-6,9H2,1-2H3. The Hall–Kier alpha value is -1.16. The quantitative estimate of drug-likeness (QED) is 0.892. The molecule has 1 heterocycles. The van der Waals surface area contributed by atoms with E-state index < -0.39 is 0 Å². The highest BCUT2D eigenvalue weighted by Gasteiger charge is 2.17. The van der Waals surface area contributed by atoms with Gasteiger partial charge in [0.2, 0.25) is 0 Å². The van der Waals surface area contributed by atoms with E-state index in [4.69, 9.17) is 0 Å². The Labute approximate surface area is 107 Å². The first kappa shape index (κ1) is 13.3. The molecule has 1 aromatic rings. The smallest absolute Gasteiger partial charge is 0.146 e. The fourth-order valence-corrected chi connectivity index (χ4v) is 2.30. The number of benzene rings is 1. The summed E-state index contributed by atoms with van der Waals surface area (Å²) in [4.78, 5) is 2.29. The van der Waals surface area contributed by atoms with Gasteiger partial charge in [0, 0.05) is 12.6 Å². The van der Waals surface area contributed by atoms with Crippen molar-refractivity contribution < 1.29 is 8.78 Å². The van der Waals surface area contributed by atoms with Crippen molar-refractivity contribution in [3.8, 4) is 0 Å². The van der Waals surface area contributed by atoms with Crippen LogP contribution < -0.4 is 5.32 Å². The van der Waals surface area contributed by atoms with Crippen molar-refractivity contribution in [1.29, 1.82) is 0 Å². The third-order valence-electron chi connectivity index (χ3n) is 3.67. The molecule has 0 bridgehead atoms. The van der Waals surface area contributed by atoms with Crippen molar-refractivity contribution in [2.45, 2.75) is 19.8 Å². The fourth-order valence-electron chi connectivity index (χ4n) is 2.30. The maximum absolute atomic E-state index is 13.6. The van der Waals surface area contributed by atoms with Crippen LogP contribution >= 0.6 is 0 Å². The lowest BCUT2D eigenvalue weighted by atomic mass is 9.97. The Morgan fingerprint density at radius 3 is 2.56 bits per heavy atom. The number of likely N-dealkylation sites (tertiary alicyclic amines) is 1. The minimum Gasteiger partial charge on any atom is -0.382 e. The zero-order chi connectivity index (χ0) is 13.1. The van der Waals surface area contributed by atoms with Crippen LogP contribution in [0.1, 0.15) is 18.4 Å². The van der Waals surface area contributed by atoms with Gasteiger partial charge in [-0.3, -0.25) is 0 Å².